The summed E-state index contributed by atoms with van der Waals surface area (Å²) in [6.07, 6.45) is 4.66. The van der Waals surface area contributed by atoms with E-state index in [2.05, 4.69) is 49.8 Å². The number of hydrogen-bond acceptors (Lipinski definition) is 3. The lowest BCUT2D eigenvalue weighted by molar-refractivity contribution is -0.119. The second-order valence-corrected chi connectivity index (χ2v) is 7.37. The van der Waals surface area contributed by atoms with Crippen LogP contribution in [0.4, 0.5) is 0 Å². The normalized spacial score (nSPS) is 22.6. The molecule has 1 atom stereocenters. The van der Waals surface area contributed by atoms with Gasteiger partial charge in [0, 0.05) is 56.6 Å². The number of carbonyl (C=O) groups is 1. The molecule has 144 valence electrons. The summed E-state index contributed by atoms with van der Waals surface area (Å²) in [5.41, 5.74) is 2.25. The molecule has 6 nitrogen and oxygen atoms in total. The summed E-state index contributed by atoms with van der Waals surface area (Å²) in [7, 11) is 1.82. The summed E-state index contributed by atoms with van der Waals surface area (Å²) < 4.78 is 0. The highest BCUT2D eigenvalue weighted by molar-refractivity contribution is 14.0. The monoisotopic (exact) mass is 479 g/mol. The summed E-state index contributed by atoms with van der Waals surface area (Å²) in [6.45, 7) is 3.32. The van der Waals surface area contributed by atoms with Gasteiger partial charge in [0.2, 0.25) is 5.91 Å². The molecule has 1 spiro atoms. The average Bonchev–Trinajstić information content (AvgIpc) is 3.02. The van der Waals surface area contributed by atoms with Gasteiger partial charge in [-0.1, -0.05) is 24.3 Å². The van der Waals surface area contributed by atoms with E-state index < -0.39 is 0 Å². The number of pyridine rings is 1. The number of carbonyl (C=O) groups excluding carboxylic acids is 1. The van der Waals surface area contributed by atoms with Crippen LogP contribution in [0.1, 0.15) is 24.8 Å². The van der Waals surface area contributed by atoms with E-state index in [0.29, 0.717) is 13.0 Å². The first-order valence-corrected chi connectivity index (χ1v) is 9.24. The lowest BCUT2D eigenvalue weighted by Gasteiger charge is -2.40. The van der Waals surface area contributed by atoms with Gasteiger partial charge in [0.1, 0.15) is 0 Å². The fourth-order valence-electron chi connectivity index (χ4n) is 4.25. The molecule has 0 aliphatic carbocycles. The second-order valence-electron chi connectivity index (χ2n) is 7.37. The maximum Gasteiger partial charge on any atom is 0.220 e. The molecule has 27 heavy (non-hydrogen) atoms. The number of aromatic nitrogens is 1. The van der Waals surface area contributed by atoms with Crippen LogP contribution in [0.5, 0.6) is 0 Å². The molecule has 2 aromatic rings. The van der Waals surface area contributed by atoms with Gasteiger partial charge in [-0.05, 0) is 24.5 Å². The van der Waals surface area contributed by atoms with Crippen LogP contribution in [-0.4, -0.2) is 48.4 Å². The number of rotatable bonds is 2. The Kier molecular flexibility index (Phi) is 6.18. The number of fused-ring (bicyclic) bond motifs is 1. The predicted molar refractivity (Wildman–Crippen MR) is 118 cm³/mol. The summed E-state index contributed by atoms with van der Waals surface area (Å²) in [5, 5.41) is 7.64. The van der Waals surface area contributed by atoms with Crippen LogP contribution < -0.4 is 10.6 Å². The van der Waals surface area contributed by atoms with Crippen LogP contribution in [0.2, 0.25) is 0 Å². The van der Waals surface area contributed by atoms with Gasteiger partial charge in [0.25, 0.3) is 0 Å². The highest BCUT2D eigenvalue weighted by Crippen LogP contribution is 2.36. The molecule has 2 aliphatic heterocycles. The lowest BCUT2D eigenvalue weighted by Crippen LogP contribution is -2.51. The Hall–Kier alpha value is -1.90. The zero-order valence-electron chi connectivity index (χ0n) is 15.6. The Bertz CT molecular complexity index is 850. The van der Waals surface area contributed by atoms with Gasteiger partial charge in [-0.15, -0.1) is 24.0 Å². The van der Waals surface area contributed by atoms with Crippen molar-refractivity contribution in [3.05, 3.63) is 42.1 Å². The fraction of sp³-hybridized carbons (Fsp3) is 0.450. The largest absolute Gasteiger partial charge is 0.355 e. The zero-order valence-corrected chi connectivity index (χ0v) is 17.9. The van der Waals surface area contributed by atoms with Crippen molar-refractivity contribution in [1.82, 2.24) is 20.5 Å². The van der Waals surface area contributed by atoms with E-state index in [9.17, 15) is 4.79 Å². The molecule has 1 aromatic heterocycles. The first-order valence-electron chi connectivity index (χ1n) is 9.24. The van der Waals surface area contributed by atoms with Gasteiger partial charge < -0.3 is 15.5 Å². The second kappa shape index (κ2) is 8.41. The molecule has 2 fully saturated rings. The third-order valence-corrected chi connectivity index (χ3v) is 5.52. The van der Waals surface area contributed by atoms with Gasteiger partial charge in [0.15, 0.2) is 5.96 Å². The number of guanidine groups is 1. The molecule has 2 saturated heterocycles. The van der Waals surface area contributed by atoms with Crippen molar-refractivity contribution in [3.63, 3.8) is 0 Å². The van der Waals surface area contributed by atoms with E-state index in [0.717, 1.165) is 54.9 Å². The highest BCUT2D eigenvalue weighted by atomic mass is 127. The minimum absolute atomic E-state index is 0. The Morgan fingerprint density at radius 1 is 1.37 bits per heavy atom. The number of nitrogens with zero attached hydrogens (tertiary/aromatic N) is 3. The quantitative estimate of drug-likeness (QED) is 0.395. The van der Waals surface area contributed by atoms with Crippen molar-refractivity contribution in [3.8, 4) is 0 Å². The molecular formula is C20H26IN5O. The molecule has 4 rings (SSSR count). The van der Waals surface area contributed by atoms with E-state index in [-0.39, 0.29) is 35.3 Å². The molecule has 7 heteroatoms. The number of halogens is 1. The van der Waals surface area contributed by atoms with Crippen LogP contribution in [0.15, 0.2) is 41.5 Å². The number of para-hydroxylation sites is 1. The Morgan fingerprint density at radius 3 is 3.00 bits per heavy atom. The Balaban J connectivity index is 0.00000210. The number of amides is 1. The predicted octanol–water partition coefficient (Wildman–Crippen LogP) is 2.53. The molecule has 1 aromatic carbocycles. The minimum atomic E-state index is 0. The maximum atomic E-state index is 11.7. The highest BCUT2D eigenvalue weighted by Gasteiger charge is 2.42. The van der Waals surface area contributed by atoms with E-state index in [1.54, 1.807) is 0 Å². The van der Waals surface area contributed by atoms with Gasteiger partial charge >= 0.3 is 0 Å². The first kappa shape index (κ1) is 19.9. The molecule has 2 aliphatic rings. The number of benzene rings is 1. The third kappa shape index (κ3) is 4.17. The van der Waals surface area contributed by atoms with Crippen LogP contribution in [0, 0.1) is 5.41 Å². The molecular weight excluding hydrogens is 453 g/mol. The molecule has 0 saturated carbocycles. The topological polar surface area (TPSA) is 69.6 Å². The van der Waals surface area contributed by atoms with E-state index in [1.165, 1.54) is 0 Å². The van der Waals surface area contributed by atoms with Crippen LogP contribution in [-0.2, 0) is 11.3 Å². The summed E-state index contributed by atoms with van der Waals surface area (Å²) in [6, 6.07) is 10.3. The van der Waals surface area contributed by atoms with Gasteiger partial charge in [-0.2, -0.15) is 0 Å². The fourth-order valence-corrected chi connectivity index (χ4v) is 4.25. The van der Waals surface area contributed by atoms with Crippen LogP contribution in [0.3, 0.4) is 0 Å². The van der Waals surface area contributed by atoms with Crippen LogP contribution in [0.25, 0.3) is 10.9 Å². The van der Waals surface area contributed by atoms with Crippen molar-refractivity contribution in [2.45, 2.75) is 25.8 Å². The molecule has 1 unspecified atom stereocenters. The summed E-state index contributed by atoms with van der Waals surface area (Å²) in [4.78, 5) is 23.0. The maximum absolute atomic E-state index is 11.7. The standard InChI is InChI=1S/C20H25N5O.HI/c1-21-19(25-10-4-8-20(14-25)11-17(26)24-13-20)23-12-16-6-2-5-15-7-3-9-22-18(15)16;/h2-3,5-7,9H,4,8,10-14H2,1H3,(H,21,23)(H,24,26);1H. The summed E-state index contributed by atoms with van der Waals surface area (Å²) in [5.74, 6) is 1.08. The smallest absolute Gasteiger partial charge is 0.220 e. The number of likely N-dealkylation sites (tertiary alicyclic amines) is 1. The van der Waals surface area contributed by atoms with Crippen LogP contribution >= 0.6 is 24.0 Å². The van der Waals surface area contributed by atoms with Gasteiger partial charge in [0.05, 0.1) is 5.52 Å². The van der Waals surface area contributed by atoms with Crippen molar-refractivity contribution >= 4 is 46.7 Å². The Morgan fingerprint density at radius 2 is 2.22 bits per heavy atom. The molecule has 0 radical (unpaired) electrons. The number of nitrogens with one attached hydrogen (secondary N) is 2. The van der Waals surface area contributed by atoms with Crippen molar-refractivity contribution in [1.29, 1.82) is 0 Å². The van der Waals surface area contributed by atoms with E-state index in [1.807, 2.05) is 19.3 Å². The zero-order chi connectivity index (χ0) is 18.0. The van der Waals surface area contributed by atoms with Gasteiger partial charge in [-0.25, -0.2) is 0 Å². The molecule has 0 bridgehead atoms. The first-order chi connectivity index (χ1) is 12.7. The van der Waals surface area contributed by atoms with Crippen molar-refractivity contribution < 1.29 is 4.79 Å². The molecule has 2 N–H and O–H groups in total. The lowest BCUT2D eigenvalue weighted by atomic mass is 9.79. The van der Waals surface area contributed by atoms with Gasteiger partial charge in [-0.3, -0.25) is 14.8 Å². The van der Waals surface area contributed by atoms with Crippen molar-refractivity contribution in [2.24, 2.45) is 10.4 Å². The van der Waals surface area contributed by atoms with Crippen molar-refractivity contribution in [2.75, 3.05) is 26.7 Å². The average molecular weight is 479 g/mol. The van der Waals surface area contributed by atoms with E-state index in [4.69, 9.17) is 0 Å². The number of piperidine rings is 1. The summed E-state index contributed by atoms with van der Waals surface area (Å²) >= 11 is 0. The third-order valence-electron chi connectivity index (χ3n) is 5.52. The Labute approximate surface area is 176 Å². The minimum Gasteiger partial charge on any atom is -0.355 e. The molecule has 1 amide bonds. The van der Waals surface area contributed by atoms with E-state index >= 15 is 0 Å². The molecule has 3 heterocycles. The number of hydrogen-bond donors (Lipinski definition) is 2. The number of aliphatic imine (C=N–C) groups is 1. The SMILES string of the molecule is CN=C(NCc1cccc2cccnc12)N1CCCC2(CNC(=O)C2)C1.I.